The van der Waals surface area contributed by atoms with Gasteiger partial charge in [-0.3, -0.25) is 4.55 Å². The molecular weight excluding hydrogens is 348 g/mol. The minimum Gasteiger partial charge on any atom is -0.457 e. The molecule has 0 saturated heterocycles. The lowest BCUT2D eigenvalue weighted by Gasteiger charge is -2.12. The van der Waals surface area contributed by atoms with Crippen molar-refractivity contribution < 1.29 is 17.7 Å². The average molecular weight is 375 g/mol. The lowest BCUT2D eigenvalue weighted by molar-refractivity contribution is 0.472. The van der Waals surface area contributed by atoms with Gasteiger partial charge >= 0.3 is 0 Å². The van der Waals surface area contributed by atoms with Crippen molar-refractivity contribution in [1.29, 1.82) is 0 Å². The number of rotatable bonds is 8. The second-order valence-electron chi connectivity index (χ2n) is 5.59. The highest BCUT2D eigenvalue weighted by Crippen LogP contribution is 2.28. The molecule has 0 amide bonds. The Bertz CT molecular complexity index is 759. The van der Waals surface area contributed by atoms with Gasteiger partial charge in [0.15, 0.2) is 0 Å². The van der Waals surface area contributed by atoms with Gasteiger partial charge in [-0.2, -0.15) is 8.42 Å². The van der Waals surface area contributed by atoms with Gasteiger partial charge < -0.3 is 4.74 Å². The second kappa shape index (κ2) is 11.3. The molecule has 0 spiro atoms. The second-order valence-corrected chi connectivity index (χ2v) is 7.16. The highest BCUT2D eigenvalue weighted by atomic mass is 32.2. The Morgan fingerprint density at radius 2 is 1.35 bits per heavy atom. The summed E-state index contributed by atoms with van der Waals surface area (Å²) in [6.07, 6.45) is 5.86. The molecule has 0 atom stereocenters. The topological polar surface area (TPSA) is 63.6 Å². The molecule has 2 aromatic rings. The highest BCUT2D eigenvalue weighted by Gasteiger charge is 2.06. The number of allylic oxidation sites excluding steroid dienone is 2. The van der Waals surface area contributed by atoms with Crippen LogP contribution in [0, 0.1) is 0 Å². The predicted molar refractivity (Wildman–Crippen MR) is 107 cm³/mol. The van der Waals surface area contributed by atoms with Gasteiger partial charge in [-0.25, -0.2) is 0 Å². The first-order valence-electron chi connectivity index (χ1n) is 8.41. The van der Waals surface area contributed by atoms with Crippen LogP contribution in [0.25, 0.3) is 0 Å². The zero-order valence-corrected chi connectivity index (χ0v) is 15.9. The van der Waals surface area contributed by atoms with Crippen LogP contribution >= 0.6 is 0 Å². The lowest BCUT2D eigenvalue weighted by Crippen LogP contribution is -2.01. The van der Waals surface area contributed by atoms with Gasteiger partial charge in [0.25, 0.3) is 10.1 Å². The van der Waals surface area contributed by atoms with E-state index in [2.05, 4.69) is 25.3 Å². The normalized spacial score (nSPS) is 10.4. The van der Waals surface area contributed by atoms with E-state index in [0.29, 0.717) is 6.42 Å². The van der Waals surface area contributed by atoms with Gasteiger partial charge in [0.2, 0.25) is 0 Å². The molecule has 2 rings (SSSR count). The summed E-state index contributed by atoms with van der Waals surface area (Å²) >= 11 is 0. The maximum atomic E-state index is 9.79. The molecule has 0 aliphatic rings. The molecule has 0 saturated carbocycles. The van der Waals surface area contributed by atoms with E-state index < -0.39 is 10.1 Å². The van der Waals surface area contributed by atoms with Crippen molar-refractivity contribution >= 4 is 10.1 Å². The highest BCUT2D eigenvalue weighted by molar-refractivity contribution is 7.85. The first-order valence-corrected chi connectivity index (χ1v) is 10.0. The third-order valence-corrected chi connectivity index (χ3v) is 4.28. The van der Waals surface area contributed by atoms with Crippen LogP contribution in [-0.4, -0.2) is 18.7 Å². The first kappa shape index (κ1) is 21.7. The molecule has 0 bridgehead atoms. The van der Waals surface area contributed by atoms with Crippen LogP contribution in [0.3, 0.4) is 0 Å². The van der Waals surface area contributed by atoms with Gasteiger partial charge in [-0.15, -0.1) is 13.2 Å². The standard InChI is InChI=1S/C18H18O.C3H8O3S/c1-3-9-15-11-5-7-13-17(15)19-18-14-8-6-12-16(18)10-4-2;1-2-3-7(4,5)6/h3-8,11-14H,1-2,9-10H2;2-3H2,1H3,(H,4,5,6). The van der Waals surface area contributed by atoms with E-state index in [1.807, 2.05) is 48.6 Å². The van der Waals surface area contributed by atoms with Crippen LogP contribution in [0.1, 0.15) is 24.5 Å². The quantitative estimate of drug-likeness (QED) is 0.508. The molecule has 140 valence electrons. The van der Waals surface area contributed by atoms with Crippen molar-refractivity contribution in [2.45, 2.75) is 26.2 Å². The summed E-state index contributed by atoms with van der Waals surface area (Å²) in [6, 6.07) is 16.1. The van der Waals surface area contributed by atoms with E-state index in [1.165, 1.54) is 0 Å². The summed E-state index contributed by atoms with van der Waals surface area (Å²) in [5, 5.41) is 0. The van der Waals surface area contributed by atoms with E-state index in [4.69, 9.17) is 9.29 Å². The molecule has 0 aliphatic carbocycles. The third kappa shape index (κ3) is 8.14. The molecule has 0 aliphatic heterocycles. The first-order chi connectivity index (χ1) is 12.4. The van der Waals surface area contributed by atoms with Crippen molar-refractivity contribution in [1.82, 2.24) is 0 Å². The maximum Gasteiger partial charge on any atom is 0.264 e. The summed E-state index contributed by atoms with van der Waals surface area (Å²) in [6.45, 7) is 9.25. The predicted octanol–water partition coefficient (Wildman–Crippen LogP) is 5.22. The Kier molecular flexibility index (Phi) is 9.41. The van der Waals surface area contributed by atoms with Crippen LogP contribution < -0.4 is 4.74 Å². The molecule has 1 N–H and O–H groups in total. The molecule has 0 unspecified atom stereocenters. The van der Waals surface area contributed by atoms with Crippen LogP contribution in [-0.2, 0) is 23.0 Å². The van der Waals surface area contributed by atoms with Crippen molar-refractivity contribution in [3.8, 4) is 11.5 Å². The minimum absolute atomic E-state index is 0.132. The third-order valence-electron chi connectivity index (χ3n) is 3.36. The van der Waals surface area contributed by atoms with Crippen LogP contribution in [0.2, 0.25) is 0 Å². The minimum atomic E-state index is -3.67. The van der Waals surface area contributed by atoms with E-state index >= 15 is 0 Å². The summed E-state index contributed by atoms with van der Waals surface area (Å²) in [4.78, 5) is 0. The summed E-state index contributed by atoms with van der Waals surface area (Å²) < 4.78 is 33.6. The van der Waals surface area contributed by atoms with Crippen molar-refractivity contribution in [3.63, 3.8) is 0 Å². The number of hydrogen-bond acceptors (Lipinski definition) is 3. The lowest BCUT2D eigenvalue weighted by atomic mass is 10.1. The van der Waals surface area contributed by atoms with E-state index in [9.17, 15) is 8.42 Å². The Morgan fingerprint density at radius 3 is 1.65 bits per heavy atom. The molecule has 26 heavy (non-hydrogen) atoms. The fourth-order valence-electron chi connectivity index (χ4n) is 2.23. The zero-order valence-electron chi connectivity index (χ0n) is 15.1. The Labute approximate surface area is 156 Å². The van der Waals surface area contributed by atoms with Crippen LogP contribution in [0.15, 0.2) is 73.8 Å². The van der Waals surface area contributed by atoms with E-state index in [0.717, 1.165) is 35.5 Å². The van der Waals surface area contributed by atoms with E-state index in [-0.39, 0.29) is 5.75 Å². The van der Waals surface area contributed by atoms with Crippen LogP contribution in [0.4, 0.5) is 0 Å². The SMILES string of the molecule is C=CCc1ccccc1Oc1ccccc1CC=C.CCCS(=O)(=O)O. The zero-order chi connectivity index (χ0) is 19.4. The van der Waals surface area contributed by atoms with Crippen molar-refractivity contribution in [3.05, 3.63) is 85.0 Å². The largest absolute Gasteiger partial charge is 0.457 e. The fraction of sp³-hybridized carbons (Fsp3) is 0.238. The Morgan fingerprint density at radius 1 is 0.923 bits per heavy atom. The summed E-state index contributed by atoms with van der Waals surface area (Å²) in [7, 11) is -3.67. The van der Waals surface area contributed by atoms with Crippen LogP contribution in [0.5, 0.6) is 11.5 Å². The molecule has 0 fully saturated rings. The maximum absolute atomic E-state index is 9.79. The number of para-hydroxylation sites is 2. The number of hydrogen-bond donors (Lipinski definition) is 1. The number of ether oxygens (including phenoxy) is 1. The molecule has 0 radical (unpaired) electrons. The van der Waals surface area contributed by atoms with Gasteiger partial charge in [0.05, 0.1) is 5.75 Å². The van der Waals surface area contributed by atoms with E-state index in [1.54, 1.807) is 6.92 Å². The molecule has 2 aromatic carbocycles. The van der Waals surface area contributed by atoms with Crippen molar-refractivity contribution in [2.75, 3.05) is 5.75 Å². The smallest absolute Gasteiger partial charge is 0.264 e. The summed E-state index contributed by atoms with van der Waals surface area (Å²) in [5.41, 5.74) is 2.29. The van der Waals surface area contributed by atoms with Gasteiger partial charge in [0, 0.05) is 0 Å². The Balaban J connectivity index is 0.000000412. The average Bonchev–Trinajstić information content (AvgIpc) is 2.58. The van der Waals surface area contributed by atoms with Gasteiger partial charge in [0.1, 0.15) is 11.5 Å². The van der Waals surface area contributed by atoms with Crippen molar-refractivity contribution in [2.24, 2.45) is 0 Å². The molecule has 0 aromatic heterocycles. The monoisotopic (exact) mass is 374 g/mol. The molecule has 4 nitrogen and oxygen atoms in total. The molecule has 0 heterocycles. The summed E-state index contributed by atoms with van der Waals surface area (Å²) in [5.74, 6) is 1.64. The molecular formula is C21H26O4S. The fourth-order valence-corrected chi connectivity index (χ4v) is 2.75. The number of benzene rings is 2. The molecule has 5 heteroatoms. The Hall–Kier alpha value is -2.37. The van der Waals surface area contributed by atoms with Gasteiger partial charge in [-0.1, -0.05) is 55.5 Å². The van der Waals surface area contributed by atoms with Gasteiger partial charge in [-0.05, 0) is 42.5 Å².